The van der Waals surface area contributed by atoms with Crippen molar-refractivity contribution in [2.24, 2.45) is 0 Å². The van der Waals surface area contributed by atoms with E-state index in [0.29, 0.717) is 12.4 Å². The first kappa shape index (κ1) is 24.9. The fourth-order valence-corrected chi connectivity index (χ4v) is 5.03. The van der Waals surface area contributed by atoms with E-state index in [2.05, 4.69) is 80.6 Å². The highest BCUT2D eigenvalue weighted by molar-refractivity contribution is 7.13. The molecule has 3 aromatic heterocycles. The Morgan fingerprint density at radius 3 is 2.84 bits per heavy atom. The molecule has 0 saturated heterocycles. The molecule has 0 fully saturated rings. The smallest absolute Gasteiger partial charge is 0.197 e. The van der Waals surface area contributed by atoms with Crippen LogP contribution in [-0.4, -0.2) is 55.5 Å². The summed E-state index contributed by atoms with van der Waals surface area (Å²) in [6, 6.07) is 18.4. The Bertz CT molecular complexity index is 1460. The molecule has 0 aliphatic heterocycles. The van der Waals surface area contributed by atoms with Crippen molar-refractivity contribution in [3.8, 4) is 16.2 Å². The number of aliphatic hydroxyl groups is 1. The van der Waals surface area contributed by atoms with Crippen LogP contribution in [0.2, 0.25) is 0 Å². The fraction of sp³-hybridized carbons (Fsp3) is 0.250. The Kier molecular flexibility index (Phi) is 7.45. The van der Waals surface area contributed by atoms with Gasteiger partial charge in [-0.3, -0.25) is 0 Å². The van der Waals surface area contributed by atoms with Gasteiger partial charge in [-0.15, -0.1) is 21.5 Å². The molecular weight excluding hydrogens is 484 g/mol. The summed E-state index contributed by atoms with van der Waals surface area (Å²) in [5.41, 5.74) is 4.16. The minimum absolute atomic E-state index is 0.220. The van der Waals surface area contributed by atoms with E-state index in [1.54, 1.807) is 11.3 Å². The number of fused-ring (bicyclic) bond motifs is 1. The third-order valence-corrected chi connectivity index (χ3v) is 7.03. The zero-order chi connectivity index (χ0) is 25.7. The number of β-amino-alcohol motifs (C(OH)–C–C–N with tert-alkyl or cyclic N) is 1. The average Bonchev–Trinajstić information content (AvgIpc) is 3.68. The van der Waals surface area contributed by atoms with Crippen LogP contribution in [0.25, 0.3) is 33.5 Å². The summed E-state index contributed by atoms with van der Waals surface area (Å²) >= 11 is 1.67. The van der Waals surface area contributed by atoms with Crippen LogP contribution in [0.1, 0.15) is 30.8 Å². The van der Waals surface area contributed by atoms with Gasteiger partial charge in [0.05, 0.1) is 0 Å². The number of hydrogen-bond acceptors (Lipinski definition) is 7. The molecule has 0 aliphatic carbocycles. The number of tetrazole rings is 1. The predicted molar refractivity (Wildman–Crippen MR) is 148 cm³/mol. The molecule has 9 heteroatoms. The van der Waals surface area contributed by atoms with Gasteiger partial charge in [0, 0.05) is 39.6 Å². The van der Waals surface area contributed by atoms with Gasteiger partial charge in [-0.1, -0.05) is 36.4 Å². The number of nitrogens with one attached hydrogen (secondary N) is 3. The normalized spacial score (nSPS) is 12.9. The van der Waals surface area contributed by atoms with Crippen LogP contribution < -0.4 is 10.1 Å². The molecule has 0 radical (unpaired) electrons. The maximum Gasteiger partial charge on any atom is 0.197 e. The highest BCUT2D eigenvalue weighted by atomic mass is 32.1. The Balaban J connectivity index is 1.16. The van der Waals surface area contributed by atoms with E-state index in [9.17, 15) is 5.11 Å². The van der Waals surface area contributed by atoms with Crippen molar-refractivity contribution in [3.05, 3.63) is 83.1 Å². The third kappa shape index (κ3) is 6.32. The second-order valence-electron chi connectivity index (χ2n) is 9.60. The Labute approximate surface area is 219 Å². The number of ether oxygens (including phenoxy) is 1. The van der Waals surface area contributed by atoms with Crippen molar-refractivity contribution in [1.29, 1.82) is 0 Å². The van der Waals surface area contributed by atoms with E-state index in [1.807, 2.05) is 42.5 Å². The molecule has 2 aromatic carbocycles. The van der Waals surface area contributed by atoms with E-state index < -0.39 is 6.10 Å². The lowest BCUT2D eigenvalue weighted by Gasteiger charge is -2.28. The Hall–Kier alpha value is -3.79. The lowest BCUT2D eigenvalue weighted by atomic mass is 9.94. The average molecular weight is 515 g/mol. The molecule has 0 unspecified atom stereocenters. The molecular formula is C28H30N6O2S. The van der Waals surface area contributed by atoms with Gasteiger partial charge in [0.1, 0.15) is 18.5 Å². The topological polar surface area (TPSA) is 112 Å². The molecule has 1 atom stereocenters. The highest BCUT2D eigenvalue weighted by Gasteiger charge is 2.21. The van der Waals surface area contributed by atoms with Gasteiger partial charge < -0.3 is 20.1 Å². The van der Waals surface area contributed by atoms with E-state index in [4.69, 9.17) is 4.74 Å². The summed E-state index contributed by atoms with van der Waals surface area (Å²) in [5, 5.41) is 31.3. The maximum atomic E-state index is 10.6. The molecule has 8 nitrogen and oxygen atoms in total. The van der Waals surface area contributed by atoms with Crippen LogP contribution in [0, 0.1) is 0 Å². The van der Waals surface area contributed by atoms with Gasteiger partial charge in [0.2, 0.25) is 0 Å². The molecule has 0 amide bonds. The molecule has 0 saturated carbocycles. The second kappa shape index (κ2) is 11.1. The molecule has 190 valence electrons. The Morgan fingerprint density at radius 1 is 1.14 bits per heavy atom. The van der Waals surface area contributed by atoms with Crippen molar-refractivity contribution in [2.45, 2.75) is 31.9 Å². The monoisotopic (exact) mass is 514 g/mol. The number of nitrogens with zero attached hydrogens (tertiary/aromatic N) is 3. The van der Waals surface area contributed by atoms with Crippen molar-refractivity contribution in [3.63, 3.8) is 0 Å². The number of rotatable bonds is 11. The summed E-state index contributed by atoms with van der Waals surface area (Å²) in [6.07, 6.45) is 6.00. The number of aromatic nitrogens is 5. The second-order valence-corrected chi connectivity index (χ2v) is 10.5. The molecule has 4 N–H and O–H groups in total. The number of aromatic amines is 2. The summed E-state index contributed by atoms with van der Waals surface area (Å²) < 4.78 is 6.00. The van der Waals surface area contributed by atoms with Crippen molar-refractivity contribution in [2.75, 3.05) is 13.2 Å². The lowest BCUT2D eigenvalue weighted by molar-refractivity contribution is 0.0991. The minimum atomic E-state index is -0.632. The number of hydrogen-bond donors (Lipinski definition) is 4. The van der Waals surface area contributed by atoms with Crippen LogP contribution in [0.5, 0.6) is 5.75 Å². The first-order valence-electron chi connectivity index (χ1n) is 12.2. The predicted octanol–water partition coefficient (Wildman–Crippen LogP) is 4.93. The van der Waals surface area contributed by atoms with Gasteiger partial charge >= 0.3 is 0 Å². The highest BCUT2D eigenvalue weighted by Crippen LogP contribution is 2.33. The number of para-hydroxylation sites is 1. The van der Waals surface area contributed by atoms with E-state index in [0.717, 1.165) is 33.7 Å². The van der Waals surface area contributed by atoms with Crippen LogP contribution in [0.4, 0.5) is 0 Å². The van der Waals surface area contributed by atoms with Gasteiger partial charge in [-0.05, 0) is 72.3 Å². The molecule has 0 spiro atoms. The first-order valence-corrected chi connectivity index (χ1v) is 13.1. The summed E-state index contributed by atoms with van der Waals surface area (Å²) in [4.78, 5) is 4.54. The third-order valence-electron chi connectivity index (χ3n) is 6.13. The summed E-state index contributed by atoms with van der Waals surface area (Å²) in [5.74, 6) is 1.33. The summed E-state index contributed by atoms with van der Waals surface area (Å²) in [7, 11) is 0. The molecule has 5 rings (SSSR count). The van der Waals surface area contributed by atoms with Gasteiger partial charge in [0.15, 0.2) is 5.82 Å². The standard InChI is InChI=1S/C28H30N6O2S/c1-28(2,30-17-21(35)18-36-25-7-4-3-6-23(25)26-8-5-13-37-26)15-20-16-29-24-14-19(9-11-22(20)24)10-12-27-31-33-34-32-27/h3-14,16,21,29-30,35H,15,17-18H2,1-2H3,(H,31,32,33,34)/t21-/m0/s1. The van der Waals surface area contributed by atoms with Crippen molar-refractivity contribution in [1.82, 2.24) is 30.9 Å². The van der Waals surface area contributed by atoms with Crippen LogP contribution in [0.15, 0.2) is 66.2 Å². The quantitative estimate of drug-likeness (QED) is 0.199. The fourth-order valence-electron chi connectivity index (χ4n) is 4.27. The number of aliphatic hydroxyl groups excluding tert-OH is 1. The van der Waals surface area contributed by atoms with Gasteiger partial charge in [-0.2, -0.15) is 5.21 Å². The van der Waals surface area contributed by atoms with E-state index in [-0.39, 0.29) is 12.1 Å². The maximum absolute atomic E-state index is 10.6. The van der Waals surface area contributed by atoms with Crippen LogP contribution in [0.3, 0.4) is 0 Å². The van der Waals surface area contributed by atoms with Crippen molar-refractivity contribution >= 4 is 34.4 Å². The largest absolute Gasteiger partial charge is 0.490 e. The molecule has 3 heterocycles. The van der Waals surface area contributed by atoms with Crippen LogP contribution in [-0.2, 0) is 6.42 Å². The van der Waals surface area contributed by atoms with Crippen LogP contribution >= 0.6 is 11.3 Å². The number of thiophene rings is 1. The van der Waals surface area contributed by atoms with Crippen molar-refractivity contribution < 1.29 is 9.84 Å². The Morgan fingerprint density at radius 2 is 2.03 bits per heavy atom. The van der Waals surface area contributed by atoms with E-state index in [1.165, 1.54) is 10.9 Å². The molecule has 0 aliphatic rings. The summed E-state index contributed by atoms with van der Waals surface area (Å²) in [6.45, 7) is 4.95. The zero-order valence-electron chi connectivity index (χ0n) is 20.8. The zero-order valence-corrected chi connectivity index (χ0v) is 21.6. The minimum Gasteiger partial charge on any atom is -0.490 e. The lowest BCUT2D eigenvalue weighted by Crippen LogP contribution is -2.46. The number of benzene rings is 2. The molecule has 37 heavy (non-hydrogen) atoms. The van der Waals surface area contributed by atoms with Gasteiger partial charge in [0.25, 0.3) is 0 Å². The number of H-pyrrole nitrogens is 2. The SMILES string of the molecule is CC(C)(Cc1c[nH]c2cc(C=Cc3nn[nH]n3)ccc12)NC[C@H](O)COc1ccccc1-c1cccs1. The molecule has 5 aromatic rings. The van der Waals surface area contributed by atoms with Gasteiger partial charge in [-0.25, -0.2) is 0 Å². The molecule has 0 bridgehead atoms. The first-order chi connectivity index (χ1) is 18.0. The van der Waals surface area contributed by atoms with E-state index >= 15 is 0 Å².